The molecular formula is C9H11N4O3P. The summed E-state index contributed by atoms with van der Waals surface area (Å²) in [5.41, 5.74) is 3.14. The van der Waals surface area contributed by atoms with Crippen LogP contribution in [0, 0.1) is 0 Å². The molecule has 0 spiro atoms. The summed E-state index contributed by atoms with van der Waals surface area (Å²) in [5, 5.41) is 7.10. The molecule has 0 unspecified atom stereocenters. The van der Waals surface area contributed by atoms with Gasteiger partial charge in [-0.05, 0) is 5.56 Å². The number of nitrogens with one attached hydrogen (secondary N) is 1. The molecule has 17 heavy (non-hydrogen) atoms. The highest BCUT2D eigenvalue weighted by Crippen LogP contribution is 2.50. The van der Waals surface area contributed by atoms with Gasteiger partial charge in [0.2, 0.25) is 0 Å². The molecule has 1 heterocycles. The lowest BCUT2D eigenvalue weighted by molar-refractivity contribution is 0.360. The summed E-state index contributed by atoms with van der Waals surface area (Å²) < 4.78 is 12.7. The molecule has 2 aromatic rings. The molecule has 0 aliphatic heterocycles. The van der Waals surface area contributed by atoms with Crippen LogP contribution in [0.5, 0.6) is 0 Å². The Balaban J connectivity index is 2.30. The molecule has 8 heteroatoms. The summed E-state index contributed by atoms with van der Waals surface area (Å²) in [4.78, 5) is 18.6. The Hall–Kier alpha value is -1.69. The van der Waals surface area contributed by atoms with E-state index in [1.165, 1.54) is 17.3 Å². The van der Waals surface area contributed by atoms with Crippen LogP contribution in [0.4, 0.5) is 0 Å². The van der Waals surface area contributed by atoms with E-state index in [0.29, 0.717) is 5.56 Å². The Labute approximate surface area is 97.3 Å². The molecule has 0 aliphatic rings. The summed E-state index contributed by atoms with van der Waals surface area (Å²) in [6.45, 7) is 0. The molecule has 0 saturated heterocycles. The molecule has 2 rings (SSSR count). The minimum atomic E-state index is -4.33. The lowest BCUT2D eigenvalue weighted by Gasteiger charge is -2.21. The number of hydrogen-bond acceptors (Lipinski definition) is 4. The van der Waals surface area contributed by atoms with Gasteiger partial charge >= 0.3 is 7.60 Å². The van der Waals surface area contributed by atoms with Gasteiger partial charge in [0.1, 0.15) is 12.7 Å². The van der Waals surface area contributed by atoms with Crippen molar-refractivity contribution in [1.82, 2.24) is 14.9 Å². The normalized spacial score (nSPS) is 13.3. The molecule has 0 aliphatic carbocycles. The first-order valence-electron chi connectivity index (χ1n) is 4.79. The fraction of sp³-hybridized carbons (Fsp3) is 0.111. The predicted molar refractivity (Wildman–Crippen MR) is 60.6 cm³/mol. The van der Waals surface area contributed by atoms with Gasteiger partial charge in [-0.1, -0.05) is 30.3 Å². The minimum absolute atomic E-state index is 0.495. The topological polar surface area (TPSA) is 100 Å². The lowest BCUT2D eigenvalue weighted by Crippen LogP contribution is -2.20. The first kappa shape index (κ1) is 11.8. The third-order valence-electron chi connectivity index (χ3n) is 2.14. The second-order valence-electron chi connectivity index (χ2n) is 3.40. The molecule has 3 N–H and O–H groups in total. The van der Waals surface area contributed by atoms with Crippen molar-refractivity contribution in [3.05, 3.63) is 48.5 Å². The maximum Gasteiger partial charge on any atom is 0.353 e. The van der Waals surface area contributed by atoms with Crippen molar-refractivity contribution in [2.24, 2.45) is 0 Å². The summed E-state index contributed by atoms with van der Waals surface area (Å²) in [5.74, 6) is -1.13. The van der Waals surface area contributed by atoms with Crippen molar-refractivity contribution in [3.8, 4) is 0 Å². The van der Waals surface area contributed by atoms with Gasteiger partial charge in [0, 0.05) is 0 Å². The molecule has 90 valence electrons. The molecular weight excluding hydrogens is 243 g/mol. The molecule has 0 saturated carbocycles. The standard InChI is InChI=1S/C9H11N4O3P/c14-17(15,16)9(8-4-2-1-3-5-8)12-13-6-10-11-7-13/h1-7,9,12H,(H2,14,15,16)/t9-/m0/s1. The van der Waals surface area contributed by atoms with E-state index in [2.05, 4.69) is 15.6 Å². The third-order valence-corrected chi connectivity index (χ3v) is 3.23. The second-order valence-corrected chi connectivity index (χ2v) is 5.10. The van der Waals surface area contributed by atoms with E-state index in [9.17, 15) is 14.4 Å². The van der Waals surface area contributed by atoms with E-state index in [1.54, 1.807) is 30.3 Å². The Morgan fingerprint density at radius 2 is 1.76 bits per heavy atom. The van der Waals surface area contributed by atoms with Crippen LogP contribution in [0.15, 0.2) is 43.0 Å². The number of nitrogens with zero attached hydrogens (tertiary/aromatic N) is 3. The van der Waals surface area contributed by atoms with Crippen LogP contribution in [0.25, 0.3) is 0 Å². The summed E-state index contributed by atoms with van der Waals surface area (Å²) in [7, 11) is -4.33. The van der Waals surface area contributed by atoms with Crippen LogP contribution < -0.4 is 5.43 Å². The van der Waals surface area contributed by atoms with Gasteiger partial charge in [-0.2, -0.15) is 0 Å². The van der Waals surface area contributed by atoms with E-state index in [4.69, 9.17) is 0 Å². The highest BCUT2D eigenvalue weighted by atomic mass is 31.2. The summed E-state index contributed by atoms with van der Waals surface area (Å²) in [6, 6.07) is 8.49. The molecule has 0 bridgehead atoms. The van der Waals surface area contributed by atoms with Gasteiger partial charge in [-0.3, -0.25) is 4.57 Å². The van der Waals surface area contributed by atoms with Crippen LogP contribution in [-0.2, 0) is 4.57 Å². The van der Waals surface area contributed by atoms with Crippen molar-refractivity contribution >= 4 is 7.60 Å². The molecule has 1 aromatic heterocycles. The number of aromatic nitrogens is 3. The van der Waals surface area contributed by atoms with E-state index >= 15 is 0 Å². The maximum atomic E-state index is 11.4. The third kappa shape index (κ3) is 2.91. The van der Waals surface area contributed by atoms with Gasteiger partial charge in [0.15, 0.2) is 5.78 Å². The van der Waals surface area contributed by atoms with Crippen molar-refractivity contribution < 1.29 is 14.4 Å². The predicted octanol–water partition coefficient (Wildman–Crippen LogP) is 0.698. The second kappa shape index (κ2) is 4.67. The zero-order valence-electron chi connectivity index (χ0n) is 8.71. The lowest BCUT2D eigenvalue weighted by atomic mass is 10.2. The van der Waals surface area contributed by atoms with Crippen LogP contribution in [0.3, 0.4) is 0 Å². The maximum absolute atomic E-state index is 11.4. The summed E-state index contributed by atoms with van der Waals surface area (Å²) >= 11 is 0. The van der Waals surface area contributed by atoms with Crippen LogP contribution >= 0.6 is 7.60 Å². The van der Waals surface area contributed by atoms with Gasteiger partial charge in [-0.15, -0.1) is 10.2 Å². The monoisotopic (exact) mass is 254 g/mol. The van der Waals surface area contributed by atoms with E-state index < -0.39 is 13.4 Å². The number of hydrogen-bond donors (Lipinski definition) is 3. The Morgan fingerprint density at radius 1 is 1.18 bits per heavy atom. The van der Waals surface area contributed by atoms with Crippen LogP contribution in [0.1, 0.15) is 11.3 Å². The first-order chi connectivity index (χ1) is 8.07. The average Bonchev–Trinajstić information content (AvgIpc) is 2.78. The minimum Gasteiger partial charge on any atom is -0.323 e. The molecule has 1 atom stereocenters. The first-order valence-corrected chi connectivity index (χ1v) is 6.47. The zero-order valence-corrected chi connectivity index (χ0v) is 9.60. The Bertz CT molecular complexity index is 510. The van der Waals surface area contributed by atoms with Crippen molar-refractivity contribution in [3.63, 3.8) is 0 Å². The van der Waals surface area contributed by atoms with Crippen LogP contribution in [0.2, 0.25) is 0 Å². The highest BCUT2D eigenvalue weighted by Gasteiger charge is 2.30. The van der Waals surface area contributed by atoms with Gasteiger partial charge in [0.05, 0.1) is 0 Å². The average molecular weight is 254 g/mol. The van der Waals surface area contributed by atoms with Crippen molar-refractivity contribution in [2.45, 2.75) is 5.78 Å². The van der Waals surface area contributed by atoms with Crippen LogP contribution in [-0.4, -0.2) is 24.7 Å². The van der Waals surface area contributed by atoms with Gasteiger partial charge < -0.3 is 15.2 Å². The smallest absolute Gasteiger partial charge is 0.323 e. The molecule has 0 amide bonds. The Kier molecular flexibility index (Phi) is 3.23. The fourth-order valence-corrected chi connectivity index (χ4v) is 2.23. The molecule has 7 nitrogen and oxygen atoms in total. The Morgan fingerprint density at radius 3 is 2.29 bits per heavy atom. The molecule has 0 radical (unpaired) electrons. The SMILES string of the molecule is O=P(O)(O)[C@H](Nn1cnnc1)c1ccccc1. The largest absolute Gasteiger partial charge is 0.353 e. The molecule has 1 aromatic carbocycles. The quantitative estimate of drug-likeness (QED) is 0.694. The number of rotatable bonds is 4. The summed E-state index contributed by atoms with van der Waals surface area (Å²) in [6.07, 6.45) is 2.65. The van der Waals surface area contributed by atoms with E-state index in [0.717, 1.165) is 0 Å². The van der Waals surface area contributed by atoms with Crippen molar-refractivity contribution in [1.29, 1.82) is 0 Å². The van der Waals surface area contributed by atoms with E-state index in [-0.39, 0.29) is 0 Å². The fourth-order valence-electron chi connectivity index (χ4n) is 1.39. The van der Waals surface area contributed by atoms with Gasteiger partial charge in [0.25, 0.3) is 0 Å². The van der Waals surface area contributed by atoms with Gasteiger partial charge in [-0.25, -0.2) is 4.68 Å². The zero-order chi connectivity index (χ0) is 12.3. The van der Waals surface area contributed by atoms with E-state index in [1.807, 2.05) is 0 Å². The number of benzene rings is 1. The highest BCUT2D eigenvalue weighted by molar-refractivity contribution is 7.52. The molecule has 0 fully saturated rings. The van der Waals surface area contributed by atoms with Crippen molar-refractivity contribution in [2.75, 3.05) is 5.43 Å².